The fourth-order valence-corrected chi connectivity index (χ4v) is 2.45. The van der Waals surface area contributed by atoms with E-state index in [0.717, 1.165) is 23.6 Å². The molecule has 0 saturated carbocycles. The van der Waals surface area contributed by atoms with E-state index in [1.54, 1.807) is 4.90 Å². The molecule has 2 aromatic rings. The Bertz CT molecular complexity index is 661. The number of hydrogen-bond donors (Lipinski definition) is 1. The average Bonchev–Trinajstić information content (AvgIpc) is 2.54. The summed E-state index contributed by atoms with van der Waals surface area (Å²) in [6.07, 6.45) is 1.68. The fourth-order valence-electron chi connectivity index (χ4n) is 2.45. The number of rotatable bonds is 5. The molecule has 0 aliphatic heterocycles. The van der Waals surface area contributed by atoms with Crippen LogP contribution in [0.15, 0.2) is 42.5 Å². The Morgan fingerprint density at radius 2 is 1.59 bits per heavy atom. The minimum Gasteiger partial charge on any atom is -0.334 e. The van der Waals surface area contributed by atoms with Crippen molar-refractivity contribution in [3.8, 4) is 0 Å². The van der Waals surface area contributed by atoms with Crippen molar-refractivity contribution in [1.82, 2.24) is 4.90 Å². The minimum atomic E-state index is -0.572. The summed E-state index contributed by atoms with van der Waals surface area (Å²) in [6.45, 7) is 5.21. The van der Waals surface area contributed by atoms with Gasteiger partial charge in [0.25, 0.3) is 0 Å². The minimum absolute atomic E-state index is 0.461. The third-order valence-electron chi connectivity index (χ3n) is 3.48. The van der Waals surface area contributed by atoms with Crippen LogP contribution in [-0.4, -0.2) is 29.8 Å². The third kappa shape index (κ3) is 3.85. The first-order valence-electron chi connectivity index (χ1n) is 7.74. The van der Waals surface area contributed by atoms with E-state index < -0.39 is 11.8 Å². The summed E-state index contributed by atoms with van der Waals surface area (Å²) in [5.74, 6) is -1.03. The molecule has 0 saturated heterocycles. The van der Waals surface area contributed by atoms with Crippen LogP contribution >= 0.6 is 0 Å². The van der Waals surface area contributed by atoms with Crippen LogP contribution in [0.3, 0.4) is 0 Å². The van der Waals surface area contributed by atoms with Gasteiger partial charge >= 0.3 is 11.8 Å². The van der Waals surface area contributed by atoms with Crippen molar-refractivity contribution < 1.29 is 9.59 Å². The zero-order valence-corrected chi connectivity index (χ0v) is 13.1. The monoisotopic (exact) mass is 298 g/mol. The lowest BCUT2D eigenvalue weighted by Gasteiger charge is -2.20. The highest BCUT2D eigenvalue weighted by Crippen LogP contribution is 2.18. The van der Waals surface area contributed by atoms with Crippen molar-refractivity contribution in [1.29, 1.82) is 0 Å². The lowest BCUT2D eigenvalue weighted by atomic mass is 10.1. The van der Waals surface area contributed by atoms with Crippen LogP contribution in [0.25, 0.3) is 10.8 Å². The second-order valence-electron chi connectivity index (χ2n) is 5.31. The summed E-state index contributed by atoms with van der Waals surface area (Å²) in [7, 11) is 0. The van der Waals surface area contributed by atoms with Crippen molar-refractivity contribution >= 4 is 28.3 Å². The number of nitrogens with zero attached hydrogens (tertiary/aromatic N) is 1. The number of nitrogens with one attached hydrogen (secondary N) is 1. The van der Waals surface area contributed by atoms with Crippen LogP contribution in [0.1, 0.15) is 26.7 Å². The van der Waals surface area contributed by atoms with Crippen LogP contribution in [0, 0.1) is 0 Å². The summed E-state index contributed by atoms with van der Waals surface area (Å²) in [5.41, 5.74) is 0.644. The van der Waals surface area contributed by atoms with Crippen molar-refractivity contribution in [2.75, 3.05) is 18.4 Å². The Balaban J connectivity index is 2.10. The smallest absolute Gasteiger partial charge is 0.313 e. The predicted octanol–water partition coefficient (Wildman–Crippen LogP) is 3.43. The maximum absolute atomic E-state index is 12.2. The molecule has 2 aromatic carbocycles. The molecular formula is C18H22N2O2. The van der Waals surface area contributed by atoms with E-state index in [-0.39, 0.29) is 0 Å². The lowest BCUT2D eigenvalue weighted by molar-refractivity contribution is -0.143. The fraction of sp³-hybridized carbons (Fsp3) is 0.333. The molecule has 0 unspecified atom stereocenters. The Morgan fingerprint density at radius 3 is 2.23 bits per heavy atom. The van der Waals surface area contributed by atoms with E-state index in [2.05, 4.69) is 5.32 Å². The molecular weight excluding hydrogens is 276 g/mol. The van der Waals surface area contributed by atoms with Gasteiger partial charge in [-0.3, -0.25) is 9.59 Å². The molecule has 4 nitrogen and oxygen atoms in total. The Morgan fingerprint density at radius 1 is 0.955 bits per heavy atom. The average molecular weight is 298 g/mol. The molecule has 2 amide bonds. The molecule has 0 aliphatic rings. The van der Waals surface area contributed by atoms with Gasteiger partial charge in [-0.25, -0.2) is 0 Å². The van der Waals surface area contributed by atoms with Gasteiger partial charge in [-0.2, -0.15) is 0 Å². The number of carbonyl (C=O) groups excluding carboxylic acids is 2. The van der Waals surface area contributed by atoms with Crippen LogP contribution in [0.2, 0.25) is 0 Å². The molecule has 0 fully saturated rings. The Hall–Kier alpha value is -2.36. The largest absolute Gasteiger partial charge is 0.334 e. The van der Waals surface area contributed by atoms with Gasteiger partial charge < -0.3 is 10.2 Å². The number of carbonyl (C=O) groups is 2. The quantitative estimate of drug-likeness (QED) is 0.860. The first-order valence-corrected chi connectivity index (χ1v) is 7.74. The SMILES string of the molecule is CCCN(CCC)C(=O)C(=O)Nc1ccc2ccccc2c1. The molecule has 0 atom stereocenters. The van der Waals surface area contributed by atoms with Crippen LogP contribution < -0.4 is 5.32 Å². The van der Waals surface area contributed by atoms with Gasteiger partial charge in [0, 0.05) is 18.8 Å². The van der Waals surface area contributed by atoms with Gasteiger partial charge in [-0.05, 0) is 35.7 Å². The standard InChI is InChI=1S/C18H22N2O2/c1-3-11-20(12-4-2)18(22)17(21)19-16-10-9-14-7-5-6-8-15(14)13-16/h5-10,13H,3-4,11-12H2,1-2H3,(H,19,21). The van der Waals surface area contributed by atoms with Gasteiger partial charge in [-0.1, -0.05) is 44.2 Å². The highest BCUT2D eigenvalue weighted by molar-refractivity contribution is 6.39. The summed E-state index contributed by atoms with van der Waals surface area (Å²) in [6, 6.07) is 13.5. The molecule has 0 radical (unpaired) electrons. The molecule has 116 valence electrons. The van der Waals surface area contributed by atoms with Crippen LogP contribution in [-0.2, 0) is 9.59 Å². The number of amides is 2. The zero-order valence-electron chi connectivity index (χ0n) is 13.1. The van der Waals surface area contributed by atoms with Crippen LogP contribution in [0.5, 0.6) is 0 Å². The summed E-state index contributed by atoms with van der Waals surface area (Å²) < 4.78 is 0. The molecule has 0 spiro atoms. The van der Waals surface area contributed by atoms with Crippen molar-refractivity contribution in [2.24, 2.45) is 0 Å². The molecule has 0 aliphatic carbocycles. The van der Waals surface area contributed by atoms with E-state index in [9.17, 15) is 9.59 Å². The lowest BCUT2D eigenvalue weighted by Crippen LogP contribution is -2.40. The second-order valence-corrected chi connectivity index (χ2v) is 5.31. The van der Waals surface area contributed by atoms with Crippen molar-refractivity contribution in [3.05, 3.63) is 42.5 Å². The molecule has 4 heteroatoms. The van der Waals surface area contributed by atoms with Gasteiger partial charge in [0.05, 0.1) is 0 Å². The molecule has 0 aromatic heterocycles. The van der Waals surface area contributed by atoms with E-state index in [0.29, 0.717) is 18.8 Å². The Kier molecular flexibility index (Phi) is 5.53. The molecule has 1 N–H and O–H groups in total. The summed E-state index contributed by atoms with van der Waals surface area (Å²) in [4.78, 5) is 25.9. The predicted molar refractivity (Wildman–Crippen MR) is 89.7 cm³/mol. The first kappa shape index (κ1) is 16.0. The number of anilines is 1. The zero-order chi connectivity index (χ0) is 15.9. The highest BCUT2D eigenvalue weighted by Gasteiger charge is 2.20. The van der Waals surface area contributed by atoms with Gasteiger partial charge in [0.15, 0.2) is 0 Å². The second kappa shape index (κ2) is 7.59. The van der Waals surface area contributed by atoms with Gasteiger partial charge in [-0.15, -0.1) is 0 Å². The third-order valence-corrected chi connectivity index (χ3v) is 3.48. The van der Waals surface area contributed by atoms with E-state index in [1.165, 1.54) is 0 Å². The Labute approximate surface area is 131 Å². The maximum atomic E-state index is 12.2. The number of fused-ring (bicyclic) bond motifs is 1. The molecule has 22 heavy (non-hydrogen) atoms. The van der Waals surface area contributed by atoms with E-state index in [4.69, 9.17) is 0 Å². The molecule has 0 bridgehead atoms. The number of hydrogen-bond acceptors (Lipinski definition) is 2. The topological polar surface area (TPSA) is 49.4 Å². The number of benzene rings is 2. The van der Waals surface area contributed by atoms with Crippen LogP contribution in [0.4, 0.5) is 5.69 Å². The first-order chi connectivity index (χ1) is 10.7. The highest BCUT2D eigenvalue weighted by atomic mass is 16.2. The van der Waals surface area contributed by atoms with Gasteiger partial charge in [0.2, 0.25) is 0 Å². The molecule has 0 heterocycles. The van der Waals surface area contributed by atoms with Crippen molar-refractivity contribution in [2.45, 2.75) is 26.7 Å². The van der Waals surface area contributed by atoms with Gasteiger partial charge in [0.1, 0.15) is 0 Å². The summed E-state index contributed by atoms with van der Waals surface area (Å²) >= 11 is 0. The van der Waals surface area contributed by atoms with E-state index >= 15 is 0 Å². The normalized spacial score (nSPS) is 10.5. The van der Waals surface area contributed by atoms with Crippen molar-refractivity contribution in [3.63, 3.8) is 0 Å². The van der Waals surface area contributed by atoms with E-state index in [1.807, 2.05) is 56.3 Å². The molecule has 2 rings (SSSR count). The maximum Gasteiger partial charge on any atom is 0.313 e. The summed E-state index contributed by atoms with van der Waals surface area (Å²) in [5, 5.41) is 4.84.